The van der Waals surface area contributed by atoms with Crippen LogP contribution in [0.2, 0.25) is 5.02 Å². The molecule has 0 N–H and O–H groups in total. The van der Waals surface area contributed by atoms with Crippen molar-refractivity contribution in [1.29, 1.82) is 0 Å². The second-order valence-corrected chi connectivity index (χ2v) is 5.53. The van der Waals surface area contributed by atoms with Crippen LogP contribution in [0, 0.1) is 0 Å². The summed E-state index contributed by atoms with van der Waals surface area (Å²) in [5.74, 6) is 0.583. The number of hydrogen-bond donors (Lipinski definition) is 0. The number of hydrogen-bond acceptors (Lipinski definition) is 2. The molecular formula is C18H16ClNO. The van der Waals surface area contributed by atoms with E-state index in [-0.39, 0.29) is 6.10 Å². The van der Waals surface area contributed by atoms with Gasteiger partial charge in [-0.1, -0.05) is 60.1 Å². The van der Waals surface area contributed by atoms with E-state index in [0.717, 1.165) is 22.0 Å². The maximum atomic E-state index is 6.64. The summed E-state index contributed by atoms with van der Waals surface area (Å²) in [6, 6.07) is 17.8. The second-order valence-electron chi connectivity index (χ2n) is 5.16. The molecule has 106 valence electrons. The first-order chi connectivity index (χ1) is 10.2. The van der Waals surface area contributed by atoms with Crippen LogP contribution in [0.4, 0.5) is 0 Å². The number of para-hydroxylation sites is 1. The molecule has 0 atom stereocenters. The number of pyridine rings is 1. The van der Waals surface area contributed by atoms with Crippen molar-refractivity contribution in [2.24, 2.45) is 0 Å². The first kappa shape index (κ1) is 13.9. The lowest BCUT2D eigenvalue weighted by molar-refractivity contribution is 0.234. The molecule has 3 aromatic rings. The number of benzene rings is 2. The normalized spacial score (nSPS) is 11.0. The monoisotopic (exact) mass is 297 g/mol. The van der Waals surface area contributed by atoms with Gasteiger partial charge in [0.25, 0.3) is 0 Å². The minimum atomic E-state index is 0.0391. The van der Waals surface area contributed by atoms with Crippen LogP contribution in [0.3, 0.4) is 0 Å². The van der Waals surface area contributed by atoms with Crippen LogP contribution in [0.5, 0.6) is 5.88 Å². The van der Waals surface area contributed by atoms with Crippen LogP contribution in [0.15, 0.2) is 54.6 Å². The zero-order chi connectivity index (χ0) is 14.8. The molecule has 0 fully saturated rings. The van der Waals surface area contributed by atoms with Gasteiger partial charge in [0.1, 0.15) is 0 Å². The molecule has 0 amide bonds. The minimum absolute atomic E-state index is 0.0391. The van der Waals surface area contributed by atoms with Gasteiger partial charge < -0.3 is 4.74 Å². The van der Waals surface area contributed by atoms with Crippen LogP contribution < -0.4 is 4.74 Å². The Morgan fingerprint density at radius 3 is 2.33 bits per heavy atom. The standard InChI is InChI=1S/C18H16ClNO/c1-12(2)21-18-16(13-8-4-3-5-9-13)17(19)14-10-6-7-11-15(14)20-18/h3-12H,1-2H3. The molecule has 0 aliphatic carbocycles. The van der Waals surface area contributed by atoms with E-state index >= 15 is 0 Å². The van der Waals surface area contributed by atoms with Crippen LogP contribution in [0.25, 0.3) is 22.0 Å². The molecule has 21 heavy (non-hydrogen) atoms. The Bertz CT molecular complexity index is 769. The largest absolute Gasteiger partial charge is 0.474 e. The Morgan fingerprint density at radius 1 is 0.952 bits per heavy atom. The molecule has 0 spiro atoms. The molecule has 3 heteroatoms. The number of halogens is 1. The van der Waals surface area contributed by atoms with Gasteiger partial charge in [0.15, 0.2) is 0 Å². The third kappa shape index (κ3) is 2.72. The smallest absolute Gasteiger partial charge is 0.223 e. The summed E-state index contributed by atoms with van der Waals surface area (Å²) < 4.78 is 5.89. The number of ether oxygens (including phenoxy) is 1. The Morgan fingerprint density at radius 2 is 1.62 bits per heavy atom. The van der Waals surface area contributed by atoms with Crippen molar-refractivity contribution in [3.8, 4) is 17.0 Å². The van der Waals surface area contributed by atoms with Gasteiger partial charge in [-0.3, -0.25) is 0 Å². The fourth-order valence-corrected chi connectivity index (χ4v) is 2.66. The van der Waals surface area contributed by atoms with E-state index in [1.165, 1.54) is 0 Å². The van der Waals surface area contributed by atoms with E-state index < -0.39 is 0 Å². The third-order valence-electron chi connectivity index (χ3n) is 3.21. The predicted octanol–water partition coefficient (Wildman–Crippen LogP) is 5.34. The fraction of sp³-hybridized carbons (Fsp3) is 0.167. The Kier molecular flexibility index (Phi) is 3.80. The topological polar surface area (TPSA) is 22.1 Å². The highest BCUT2D eigenvalue weighted by Gasteiger charge is 2.17. The zero-order valence-electron chi connectivity index (χ0n) is 12.0. The van der Waals surface area contributed by atoms with Crippen LogP contribution in [0.1, 0.15) is 13.8 Å². The number of fused-ring (bicyclic) bond motifs is 1. The van der Waals surface area contributed by atoms with Gasteiger partial charge in [-0.25, -0.2) is 4.98 Å². The molecule has 2 aromatic carbocycles. The van der Waals surface area contributed by atoms with Crippen molar-refractivity contribution in [1.82, 2.24) is 4.98 Å². The lowest BCUT2D eigenvalue weighted by Crippen LogP contribution is -2.08. The van der Waals surface area contributed by atoms with E-state index in [9.17, 15) is 0 Å². The molecule has 0 aliphatic rings. The van der Waals surface area contributed by atoms with E-state index in [1.807, 2.05) is 68.4 Å². The lowest BCUT2D eigenvalue weighted by atomic mass is 10.0. The lowest BCUT2D eigenvalue weighted by Gasteiger charge is -2.16. The van der Waals surface area contributed by atoms with E-state index in [1.54, 1.807) is 0 Å². The fourth-order valence-electron chi connectivity index (χ4n) is 2.31. The van der Waals surface area contributed by atoms with Crippen LogP contribution >= 0.6 is 11.6 Å². The highest BCUT2D eigenvalue weighted by molar-refractivity contribution is 6.38. The van der Waals surface area contributed by atoms with Gasteiger partial charge in [-0.15, -0.1) is 0 Å². The quantitative estimate of drug-likeness (QED) is 0.651. The molecule has 0 unspecified atom stereocenters. The first-order valence-corrected chi connectivity index (χ1v) is 7.35. The Labute approximate surface area is 129 Å². The maximum Gasteiger partial charge on any atom is 0.223 e. The number of rotatable bonds is 3. The van der Waals surface area contributed by atoms with Gasteiger partial charge >= 0.3 is 0 Å². The molecule has 0 saturated heterocycles. The van der Waals surface area contributed by atoms with Gasteiger partial charge in [0.05, 0.1) is 22.2 Å². The molecule has 3 rings (SSSR count). The van der Waals surface area contributed by atoms with Crippen molar-refractivity contribution in [2.45, 2.75) is 20.0 Å². The third-order valence-corrected chi connectivity index (χ3v) is 3.60. The summed E-state index contributed by atoms with van der Waals surface area (Å²) in [4.78, 5) is 4.65. The van der Waals surface area contributed by atoms with Gasteiger partial charge in [-0.05, 0) is 25.5 Å². The maximum absolute atomic E-state index is 6.64. The highest BCUT2D eigenvalue weighted by Crippen LogP contribution is 2.40. The molecule has 2 nitrogen and oxygen atoms in total. The SMILES string of the molecule is CC(C)Oc1nc2ccccc2c(Cl)c1-c1ccccc1. The number of aromatic nitrogens is 1. The van der Waals surface area contributed by atoms with E-state index in [2.05, 4.69) is 4.98 Å². The van der Waals surface area contributed by atoms with Crippen molar-refractivity contribution in [3.63, 3.8) is 0 Å². The summed E-state index contributed by atoms with van der Waals surface area (Å²) in [5.41, 5.74) is 2.71. The second kappa shape index (κ2) is 5.74. The molecule has 0 aliphatic heterocycles. The van der Waals surface area contributed by atoms with Crippen molar-refractivity contribution in [2.75, 3.05) is 0 Å². The summed E-state index contributed by atoms with van der Waals surface area (Å²) in [6.07, 6.45) is 0.0391. The summed E-state index contributed by atoms with van der Waals surface area (Å²) in [7, 11) is 0. The zero-order valence-corrected chi connectivity index (χ0v) is 12.8. The van der Waals surface area contributed by atoms with Gasteiger partial charge in [0, 0.05) is 5.39 Å². The summed E-state index contributed by atoms with van der Waals surface area (Å²) >= 11 is 6.64. The molecule has 0 radical (unpaired) electrons. The minimum Gasteiger partial charge on any atom is -0.474 e. The first-order valence-electron chi connectivity index (χ1n) is 6.97. The van der Waals surface area contributed by atoms with Crippen molar-refractivity contribution in [3.05, 3.63) is 59.6 Å². The number of nitrogens with zero attached hydrogens (tertiary/aromatic N) is 1. The summed E-state index contributed by atoms with van der Waals surface area (Å²) in [6.45, 7) is 3.97. The van der Waals surface area contributed by atoms with Crippen LogP contribution in [-0.4, -0.2) is 11.1 Å². The average molecular weight is 298 g/mol. The average Bonchev–Trinajstić information content (AvgIpc) is 2.48. The van der Waals surface area contributed by atoms with Crippen molar-refractivity contribution < 1.29 is 4.74 Å². The van der Waals surface area contributed by atoms with Gasteiger partial charge in [0.2, 0.25) is 5.88 Å². The Balaban J connectivity index is 2.31. The molecule has 0 bridgehead atoms. The highest BCUT2D eigenvalue weighted by atomic mass is 35.5. The molecule has 1 heterocycles. The van der Waals surface area contributed by atoms with Gasteiger partial charge in [-0.2, -0.15) is 0 Å². The van der Waals surface area contributed by atoms with E-state index in [4.69, 9.17) is 16.3 Å². The van der Waals surface area contributed by atoms with E-state index in [0.29, 0.717) is 10.9 Å². The molecular weight excluding hydrogens is 282 g/mol. The predicted molar refractivity (Wildman–Crippen MR) is 88.0 cm³/mol. The Hall–Kier alpha value is -2.06. The summed E-state index contributed by atoms with van der Waals surface area (Å²) in [5, 5.41) is 1.62. The molecule has 1 aromatic heterocycles. The van der Waals surface area contributed by atoms with Crippen molar-refractivity contribution >= 4 is 22.5 Å². The molecule has 0 saturated carbocycles. The van der Waals surface area contributed by atoms with Crippen LogP contribution in [-0.2, 0) is 0 Å².